The molecule has 7 nitrogen and oxygen atoms in total. The molecule has 0 aliphatic carbocycles. The average molecular weight is 444 g/mol. The fourth-order valence-corrected chi connectivity index (χ4v) is 3.17. The topological polar surface area (TPSA) is 91.7 Å². The second-order valence-corrected chi connectivity index (χ2v) is 6.99. The molecule has 0 radical (unpaired) electrons. The fourth-order valence-electron chi connectivity index (χ4n) is 3.17. The fraction of sp³-hybridized carbons (Fsp3) is 0.192. The van der Waals surface area contributed by atoms with Crippen LogP contribution in [0.3, 0.4) is 0 Å². The van der Waals surface area contributed by atoms with Crippen molar-refractivity contribution in [2.75, 3.05) is 30.0 Å². The van der Waals surface area contributed by atoms with Crippen LogP contribution in [0.15, 0.2) is 78.9 Å². The highest BCUT2D eigenvalue weighted by molar-refractivity contribution is 6.06. The van der Waals surface area contributed by atoms with Gasteiger partial charge in [-0.2, -0.15) is 5.26 Å². The lowest BCUT2D eigenvalue weighted by molar-refractivity contribution is -0.120. The molecule has 3 aromatic carbocycles. The van der Waals surface area contributed by atoms with Gasteiger partial charge in [-0.25, -0.2) is 0 Å². The Kier molecular flexibility index (Phi) is 8.43. The number of hydrogen-bond acceptors (Lipinski definition) is 5. The van der Waals surface area contributed by atoms with Crippen LogP contribution >= 0.6 is 0 Å². The standard InChI is InChI=1S/C26H25N3O4/c1-2-32-22-15-13-21(14-16-22)29(18-8-17-27)25(30)19-33-24-12-7-6-11-23(24)26(31)28-20-9-4-3-5-10-20/h3-7,9-16H,2,8,18-19H2,1H3,(H,28,31). The number of anilines is 2. The number of nitriles is 1. The van der Waals surface area contributed by atoms with Crippen molar-refractivity contribution in [3.63, 3.8) is 0 Å². The molecule has 0 saturated carbocycles. The van der Waals surface area contributed by atoms with E-state index < -0.39 is 0 Å². The van der Waals surface area contributed by atoms with E-state index >= 15 is 0 Å². The zero-order chi connectivity index (χ0) is 23.5. The Bertz CT molecular complexity index is 1110. The molecule has 0 aromatic heterocycles. The Morgan fingerprint density at radius 2 is 1.64 bits per heavy atom. The number of rotatable bonds is 10. The van der Waals surface area contributed by atoms with Crippen LogP contribution in [0.1, 0.15) is 23.7 Å². The molecule has 3 aromatic rings. The number of nitrogens with one attached hydrogen (secondary N) is 1. The predicted octanol–water partition coefficient (Wildman–Crippen LogP) is 4.66. The highest BCUT2D eigenvalue weighted by atomic mass is 16.5. The summed E-state index contributed by atoms with van der Waals surface area (Å²) in [7, 11) is 0. The maximum Gasteiger partial charge on any atom is 0.264 e. The van der Waals surface area contributed by atoms with Crippen molar-refractivity contribution in [3.8, 4) is 17.6 Å². The molecule has 7 heteroatoms. The molecule has 0 fully saturated rings. The molecule has 0 unspecified atom stereocenters. The minimum Gasteiger partial charge on any atom is -0.494 e. The maximum absolute atomic E-state index is 13.0. The largest absolute Gasteiger partial charge is 0.494 e. The molecule has 0 bridgehead atoms. The summed E-state index contributed by atoms with van der Waals surface area (Å²) in [6, 6.07) is 25.0. The van der Waals surface area contributed by atoms with Crippen molar-refractivity contribution in [3.05, 3.63) is 84.4 Å². The lowest BCUT2D eigenvalue weighted by Crippen LogP contribution is -2.36. The molecular weight excluding hydrogens is 418 g/mol. The van der Waals surface area contributed by atoms with E-state index in [-0.39, 0.29) is 31.4 Å². The van der Waals surface area contributed by atoms with Crippen molar-refractivity contribution in [1.82, 2.24) is 0 Å². The van der Waals surface area contributed by atoms with Gasteiger partial charge in [-0.3, -0.25) is 9.59 Å². The summed E-state index contributed by atoms with van der Waals surface area (Å²) in [5.74, 6) is 0.333. The summed E-state index contributed by atoms with van der Waals surface area (Å²) in [6.45, 7) is 2.38. The number of amides is 2. The number of benzene rings is 3. The van der Waals surface area contributed by atoms with Crippen molar-refractivity contribution < 1.29 is 19.1 Å². The summed E-state index contributed by atoms with van der Waals surface area (Å²) in [4.78, 5) is 27.2. The lowest BCUT2D eigenvalue weighted by atomic mass is 10.2. The molecule has 2 amide bonds. The first-order valence-electron chi connectivity index (χ1n) is 10.6. The van der Waals surface area contributed by atoms with E-state index in [2.05, 4.69) is 11.4 Å². The molecule has 0 aliphatic heterocycles. The van der Waals surface area contributed by atoms with Gasteiger partial charge in [-0.05, 0) is 55.5 Å². The van der Waals surface area contributed by atoms with Crippen molar-refractivity contribution in [1.29, 1.82) is 5.26 Å². The number of carbonyl (C=O) groups excluding carboxylic acids is 2. The molecule has 3 rings (SSSR count). The summed E-state index contributed by atoms with van der Waals surface area (Å²) in [6.07, 6.45) is 0.176. The molecule has 0 heterocycles. The van der Waals surface area contributed by atoms with E-state index in [9.17, 15) is 9.59 Å². The van der Waals surface area contributed by atoms with Crippen LogP contribution in [0, 0.1) is 11.3 Å². The van der Waals surface area contributed by atoms with E-state index in [1.807, 2.05) is 25.1 Å². The third kappa shape index (κ3) is 6.58. The van der Waals surface area contributed by atoms with E-state index in [0.29, 0.717) is 35.0 Å². The Morgan fingerprint density at radius 1 is 0.939 bits per heavy atom. The highest BCUT2D eigenvalue weighted by Crippen LogP contribution is 2.22. The molecule has 0 atom stereocenters. The van der Waals surface area contributed by atoms with Gasteiger partial charge in [0, 0.05) is 17.9 Å². The van der Waals surface area contributed by atoms with Gasteiger partial charge in [0.1, 0.15) is 11.5 Å². The molecule has 0 aliphatic rings. The molecule has 168 valence electrons. The molecule has 1 N–H and O–H groups in total. The molecule has 0 saturated heterocycles. The molecule has 33 heavy (non-hydrogen) atoms. The average Bonchev–Trinajstić information content (AvgIpc) is 2.85. The van der Waals surface area contributed by atoms with E-state index in [0.717, 1.165) is 0 Å². The van der Waals surface area contributed by atoms with Gasteiger partial charge >= 0.3 is 0 Å². The summed E-state index contributed by atoms with van der Waals surface area (Å²) in [5.41, 5.74) is 1.61. The van der Waals surface area contributed by atoms with Crippen LogP contribution in [0.4, 0.5) is 11.4 Å². The predicted molar refractivity (Wildman–Crippen MR) is 127 cm³/mol. The van der Waals surface area contributed by atoms with Crippen LogP contribution in [0.5, 0.6) is 11.5 Å². The zero-order valence-corrected chi connectivity index (χ0v) is 18.4. The molecule has 0 spiro atoms. The Hall–Kier alpha value is -4.31. The summed E-state index contributed by atoms with van der Waals surface area (Å²) >= 11 is 0. The number of nitrogens with zero attached hydrogens (tertiary/aromatic N) is 2. The zero-order valence-electron chi connectivity index (χ0n) is 18.4. The third-order valence-corrected chi connectivity index (χ3v) is 4.72. The van der Waals surface area contributed by atoms with Crippen molar-refractivity contribution >= 4 is 23.2 Å². The van der Waals surface area contributed by atoms with Gasteiger partial charge in [0.25, 0.3) is 11.8 Å². The first kappa shape index (κ1) is 23.4. The second kappa shape index (κ2) is 11.9. The minimum atomic E-state index is -0.336. The first-order chi connectivity index (χ1) is 16.1. The monoisotopic (exact) mass is 443 g/mol. The van der Waals surface area contributed by atoms with Crippen molar-refractivity contribution in [2.24, 2.45) is 0 Å². The Morgan fingerprint density at radius 3 is 2.33 bits per heavy atom. The smallest absolute Gasteiger partial charge is 0.264 e. The minimum absolute atomic E-state index is 0.176. The van der Waals surface area contributed by atoms with Gasteiger partial charge in [0.15, 0.2) is 6.61 Å². The second-order valence-electron chi connectivity index (χ2n) is 6.99. The van der Waals surface area contributed by atoms with Gasteiger partial charge in [-0.15, -0.1) is 0 Å². The highest BCUT2D eigenvalue weighted by Gasteiger charge is 2.19. The quantitative estimate of drug-likeness (QED) is 0.492. The van der Waals surface area contributed by atoms with Gasteiger partial charge < -0.3 is 19.7 Å². The van der Waals surface area contributed by atoms with Gasteiger partial charge in [-0.1, -0.05) is 30.3 Å². The number of ether oxygens (including phenoxy) is 2. The normalized spacial score (nSPS) is 10.1. The number of hydrogen-bond donors (Lipinski definition) is 1. The van der Waals surface area contributed by atoms with Gasteiger partial charge in [0.2, 0.25) is 0 Å². The Labute approximate surface area is 193 Å². The summed E-state index contributed by atoms with van der Waals surface area (Å²) in [5, 5.41) is 11.8. The van der Waals surface area contributed by atoms with Crippen LogP contribution in [0.2, 0.25) is 0 Å². The van der Waals surface area contributed by atoms with Crippen LogP contribution in [-0.4, -0.2) is 31.6 Å². The number of para-hydroxylation sites is 2. The molecular formula is C26H25N3O4. The van der Waals surface area contributed by atoms with Crippen LogP contribution < -0.4 is 19.7 Å². The van der Waals surface area contributed by atoms with Crippen LogP contribution in [-0.2, 0) is 4.79 Å². The summed E-state index contributed by atoms with van der Waals surface area (Å²) < 4.78 is 11.2. The third-order valence-electron chi connectivity index (χ3n) is 4.72. The van der Waals surface area contributed by atoms with E-state index in [4.69, 9.17) is 14.7 Å². The SMILES string of the molecule is CCOc1ccc(N(CCC#N)C(=O)COc2ccccc2C(=O)Nc2ccccc2)cc1. The van der Waals surface area contributed by atoms with E-state index in [1.54, 1.807) is 60.7 Å². The maximum atomic E-state index is 13.0. The first-order valence-corrected chi connectivity index (χ1v) is 10.6. The van der Waals surface area contributed by atoms with Crippen molar-refractivity contribution in [2.45, 2.75) is 13.3 Å². The van der Waals surface area contributed by atoms with Gasteiger partial charge in [0.05, 0.1) is 24.7 Å². The Balaban J connectivity index is 1.71. The number of carbonyl (C=O) groups is 2. The lowest BCUT2D eigenvalue weighted by Gasteiger charge is -2.22. The van der Waals surface area contributed by atoms with Crippen LogP contribution in [0.25, 0.3) is 0 Å². The van der Waals surface area contributed by atoms with E-state index in [1.165, 1.54) is 4.90 Å².